The first kappa shape index (κ1) is 20.6. The molecule has 0 saturated carbocycles. The number of hydrogen-bond acceptors (Lipinski definition) is 4. The van der Waals surface area contributed by atoms with E-state index in [4.69, 9.17) is 16.0 Å². The number of urea groups is 1. The molecular formula is C24H21ClN4O2. The average Bonchev–Trinajstić information content (AvgIpc) is 3.26. The molecule has 0 fully saturated rings. The summed E-state index contributed by atoms with van der Waals surface area (Å²) < 4.78 is 5.90. The Hall–Kier alpha value is -3.64. The smallest absolute Gasteiger partial charge is 0.320 e. The molecule has 1 heterocycles. The summed E-state index contributed by atoms with van der Waals surface area (Å²) in [6.07, 6.45) is 0. The van der Waals surface area contributed by atoms with Crippen LogP contribution in [0.4, 0.5) is 10.5 Å². The van der Waals surface area contributed by atoms with Crippen LogP contribution in [-0.4, -0.2) is 16.2 Å². The third kappa shape index (κ3) is 4.92. The number of hydrogen-bond donors (Lipinski definition) is 2. The van der Waals surface area contributed by atoms with Crippen molar-refractivity contribution in [3.8, 4) is 11.5 Å². The van der Waals surface area contributed by atoms with Gasteiger partial charge in [0.15, 0.2) is 0 Å². The number of aryl methyl sites for hydroxylation is 2. The molecular weight excluding hydrogens is 412 g/mol. The van der Waals surface area contributed by atoms with Gasteiger partial charge in [0.1, 0.15) is 6.04 Å². The van der Waals surface area contributed by atoms with Crippen LogP contribution < -0.4 is 10.6 Å². The van der Waals surface area contributed by atoms with Gasteiger partial charge in [-0.25, -0.2) is 4.79 Å². The zero-order valence-corrected chi connectivity index (χ0v) is 17.9. The van der Waals surface area contributed by atoms with Crippen LogP contribution >= 0.6 is 11.6 Å². The Balaban J connectivity index is 1.60. The molecule has 4 aromatic rings. The van der Waals surface area contributed by atoms with Crippen LogP contribution in [0.3, 0.4) is 0 Å². The van der Waals surface area contributed by atoms with Gasteiger partial charge in [-0.05, 0) is 66.9 Å². The molecule has 0 spiro atoms. The predicted molar refractivity (Wildman–Crippen MR) is 121 cm³/mol. The van der Waals surface area contributed by atoms with Crippen molar-refractivity contribution in [3.05, 3.63) is 100 Å². The lowest BCUT2D eigenvalue weighted by atomic mass is 10.1. The number of rotatable bonds is 5. The van der Waals surface area contributed by atoms with Crippen molar-refractivity contribution in [1.29, 1.82) is 0 Å². The summed E-state index contributed by atoms with van der Waals surface area (Å²) in [5.41, 5.74) is 4.52. The Labute approximate surface area is 185 Å². The van der Waals surface area contributed by atoms with Crippen molar-refractivity contribution in [3.63, 3.8) is 0 Å². The van der Waals surface area contributed by atoms with E-state index in [-0.39, 0.29) is 11.9 Å². The molecule has 0 saturated heterocycles. The highest BCUT2D eigenvalue weighted by molar-refractivity contribution is 6.30. The van der Waals surface area contributed by atoms with Crippen LogP contribution in [0, 0.1) is 13.8 Å². The second-order valence-electron chi connectivity index (χ2n) is 7.19. The van der Waals surface area contributed by atoms with E-state index < -0.39 is 6.04 Å². The maximum absolute atomic E-state index is 12.8. The van der Waals surface area contributed by atoms with Crippen LogP contribution in [0.25, 0.3) is 11.5 Å². The van der Waals surface area contributed by atoms with Gasteiger partial charge in [-0.1, -0.05) is 48.0 Å². The molecule has 2 N–H and O–H groups in total. The summed E-state index contributed by atoms with van der Waals surface area (Å²) in [6, 6.07) is 21.3. The molecule has 31 heavy (non-hydrogen) atoms. The van der Waals surface area contributed by atoms with Crippen molar-refractivity contribution in [2.45, 2.75) is 19.9 Å². The van der Waals surface area contributed by atoms with Gasteiger partial charge < -0.3 is 15.1 Å². The number of nitrogens with zero attached hydrogens (tertiary/aromatic N) is 2. The molecule has 156 valence electrons. The minimum atomic E-state index is -0.645. The maximum Gasteiger partial charge on any atom is 0.320 e. The number of amides is 2. The van der Waals surface area contributed by atoms with Crippen LogP contribution in [-0.2, 0) is 0 Å². The molecule has 0 radical (unpaired) electrons. The lowest BCUT2D eigenvalue weighted by Crippen LogP contribution is -2.33. The molecule has 1 aromatic heterocycles. The number of nitrogens with one attached hydrogen (secondary N) is 2. The first-order valence-corrected chi connectivity index (χ1v) is 10.2. The molecule has 3 aromatic carbocycles. The fourth-order valence-corrected chi connectivity index (χ4v) is 3.23. The van der Waals surface area contributed by atoms with Gasteiger partial charge >= 0.3 is 6.03 Å². The summed E-state index contributed by atoms with van der Waals surface area (Å²) in [5, 5.41) is 14.7. The molecule has 0 bridgehead atoms. The predicted octanol–water partition coefficient (Wildman–Crippen LogP) is 5.92. The lowest BCUT2D eigenvalue weighted by Gasteiger charge is -2.17. The molecule has 0 aliphatic rings. The normalized spacial score (nSPS) is 11.7. The Morgan fingerprint density at radius 2 is 1.68 bits per heavy atom. The Bertz CT molecular complexity index is 1190. The van der Waals surface area contributed by atoms with E-state index in [9.17, 15) is 4.79 Å². The summed E-state index contributed by atoms with van der Waals surface area (Å²) in [6.45, 7) is 4.02. The summed E-state index contributed by atoms with van der Waals surface area (Å²) >= 11 is 6.04. The lowest BCUT2D eigenvalue weighted by molar-refractivity contribution is 0.248. The van der Waals surface area contributed by atoms with E-state index in [1.165, 1.54) is 0 Å². The van der Waals surface area contributed by atoms with E-state index in [2.05, 4.69) is 20.8 Å². The van der Waals surface area contributed by atoms with E-state index in [0.717, 1.165) is 22.3 Å². The molecule has 6 nitrogen and oxygen atoms in total. The second-order valence-corrected chi connectivity index (χ2v) is 7.63. The highest BCUT2D eigenvalue weighted by Crippen LogP contribution is 2.26. The van der Waals surface area contributed by atoms with Gasteiger partial charge in [0.2, 0.25) is 11.8 Å². The Morgan fingerprint density at radius 3 is 2.39 bits per heavy atom. The van der Waals surface area contributed by atoms with Gasteiger partial charge in [0.05, 0.1) is 0 Å². The van der Waals surface area contributed by atoms with Crippen molar-refractivity contribution < 1.29 is 9.21 Å². The van der Waals surface area contributed by atoms with Crippen molar-refractivity contribution >= 4 is 23.3 Å². The van der Waals surface area contributed by atoms with Gasteiger partial charge in [0, 0.05) is 16.3 Å². The SMILES string of the molecule is Cc1ccc(NC(=O)NC(c2ccc(Cl)cc2)c2nnc(-c3ccccc3)o2)cc1C. The Morgan fingerprint density at radius 1 is 0.935 bits per heavy atom. The minimum Gasteiger partial charge on any atom is -0.418 e. The standard InChI is InChI=1S/C24H21ClN4O2/c1-15-8-13-20(14-16(15)2)26-24(30)27-21(17-9-11-19(25)12-10-17)23-29-28-22(31-23)18-6-4-3-5-7-18/h3-14,21H,1-2H3,(H2,26,27,30). The third-order valence-electron chi connectivity index (χ3n) is 4.95. The molecule has 0 aliphatic heterocycles. The van der Waals surface area contributed by atoms with Gasteiger partial charge in [-0.2, -0.15) is 0 Å². The van der Waals surface area contributed by atoms with Gasteiger partial charge in [0.25, 0.3) is 0 Å². The number of carbonyl (C=O) groups is 1. The number of aromatic nitrogens is 2. The highest BCUT2D eigenvalue weighted by atomic mass is 35.5. The van der Waals surface area contributed by atoms with Crippen molar-refractivity contribution in [2.75, 3.05) is 5.32 Å². The average molecular weight is 433 g/mol. The summed E-state index contributed by atoms with van der Waals surface area (Å²) in [4.78, 5) is 12.8. The van der Waals surface area contributed by atoms with Gasteiger partial charge in [-0.3, -0.25) is 0 Å². The van der Waals surface area contributed by atoms with Crippen molar-refractivity contribution in [1.82, 2.24) is 15.5 Å². The number of halogens is 1. The van der Waals surface area contributed by atoms with Gasteiger partial charge in [-0.15, -0.1) is 10.2 Å². The Kier molecular flexibility index (Phi) is 6.00. The first-order valence-electron chi connectivity index (χ1n) is 9.78. The molecule has 7 heteroatoms. The number of benzene rings is 3. The monoisotopic (exact) mass is 432 g/mol. The quantitative estimate of drug-likeness (QED) is 0.410. The van der Waals surface area contributed by atoms with Crippen LogP contribution in [0.5, 0.6) is 0 Å². The molecule has 1 unspecified atom stereocenters. The van der Waals surface area contributed by atoms with Crippen LogP contribution in [0.2, 0.25) is 5.02 Å². The molecule has 2 amide bonds. The number of anilines is 1. The fraction of sp³-hybridized carbons (Fsp3) is 0.125. The molecule has 0 aliphatic carbocycles. The third-order valence-corrected chi connectivity index (χ3v) is 5.20. The zero-order chi connectivity index (χ0) is 21.8. The highest BCUT2D eigenvalue weighted by Gasteiger charge is 2.23. The minimum absolute atomic E-state index is 0.274. The van der Waals surface area contributed by atoms with E-state index in [0.29, 0.717) is 16.6 Å². The van der Waals surface area contributed by atoms with E-state index in [1.807, 2.05) is 74.5 Å². The van der Waals surface area contributed by atoms with Crippen LogP contribution in [0.15, 0.2) is 77.2 Å². The van der Waals surface area contributed by atoms with Crippen molar-refractivity contribution in [2.24, 2.45) is 0 Å². The van der Waals surface area contributed by atoms with Crippen LogP contribution in [0.1, 0.15) is 28.6 Å². The fourth-order valence-electron chi connectivity index (χ4n) is 3.11. The van der Waals surface area contributed by atoms with E-state index >= 15 is 0 Å². The maximum atomic E-state index is 12.8. The zero-order valence-electron chi connectivity index (χ0n) is 17.1. The number of carbonyl (C=O) groups excluding carboxylic acids is 1. The molecule has 4 rings (SSSR count). The first-order chi connectivity index (χ1) is 15.0. The van der Waals surface area contributed by atoms with E-state index in [1.54, 1.807) is 12.1 Å². The molecule has 1 atom stereocenters. The summed E-state index contributed by atoms with van der Waals surface area (Å²) in [5.74, 6) is 0.655. The largest absolute Gasteiger partial charge is 0.418 e. The second kappa shape index (κ2) is 9.02. The topological polar surface area (TPSA) is 80.0 Å². The summed E-state index contributed by atoms with van der Waals surface area (Å²) in [7, 11) is 0.